The van der Waals surface area contributed by atoms with Crippen LogP contribution in [0.4, 0.5) is 4.79 Å². The lowest BCUT2D eigenvalue weighted by Crippen LogP contribution is -2.23. The van der Waals surface area contributed by atoms with Gasteiger partial charge in [-0.3, -0.25) is 4.72 Å². The smallest absolute Gasteiger partial charge is 0.322 e. The van der Waals surface area contributed by atoms with Crippen molar-refractivity contribution in [1.29, 1.82) is 0 Å². The Bertz CT molecular complexity index is 530. The van der Waals surface area contributed by atoms with E-state index in [4.69, 9.17) is 5.73 Å². The number of pyridine rings is 1. The predicted octanol–water partition coefficient (Wildman–Crippen LogP) is 3.25. The second-order valence-electron chi connectivity index (χ2n) is 3.05. The molecular weight excluding hydrogens is 322 g/mol. The van der Waals surface area contributed by atoms with Crippen molar-refractivity contribution < 1.29 is 4.79 Å². The van der Waals surface area contributed by atoms with Gasteiger partial charge in [0.1, 0.15) is 5.03 Å². The van der Waals surface area contributed by atoms with Crippen LogP contribution in [0.3, 0.4) is 0 Å². The number of carbonyl (C=O) groups is 1. The Balaban J connectivity index is 2.34. The van der Waals surface area contributed by atoms with Gasteiger partial charge in [-0.25, -0.2) is 9.78 Å². The van der Waals surface area contributed by atoms with Crippen molar-refractivity contribution in [3.63, 3.8) is 0 Å². The molecular formula is C10H8BrN3OS2. The molecule has 17 heavy (non-hydrogen) atoms. The number of hydrogen-bond donors (Lipinski definition) is 2. The molecule has 2 aromatic rings. The first kappa shape index (κ1) is 12.4. The van der Waals surface area contributed by atoms with Crippen LogP contribution in [0.5, 0.6) is 0 Å². The number of thiophene rings is 1. The van der Waals surface area contributed by atoms with E-state index in [0.717, 1.165) is 31.9 Å². The minimum atomic E-state index is -0.586. The third-order valence-corrected chi connectivity index (χ3v) is 4.01. The van der Waals surface area contributed by atoms with E-state index in [-0.39, 0.29) is 0 Å². The van der Waals surface area contributed by atoms with E-state index < -0.39 is 6.03 Å². The summed E-state index contributed by atoms with van der Waals surface area (Å²) >= 11 is 6.11. The number of amides is 2. The van der Waals surface area contributed by atoms with Crippen LogP contribution < -0.4 is 10.5 Å². The van der Waals surface area contributed by atoms with Crippen molar-refractivity contribution in [3.05, 3.63) is 34.2 Å². The van der Waals surface area contributed by atoms with Crippen LogP contribution >= 0.6 is 39.2 Å². The summed E-state index contributed by atoms with van der Waals surface area (Å²) in [5.41, 5.74) is 6.00. The zero-order chi connectivity index (χ0) is 12.3. The number of hydrogen-bond acceptors (Lipinski definition) is 4. The zero-order valence-corrected chi connectivity index (χ0v) is 11.7. The summed E-state index contributed by atoms with van der Waals surface area (Å²) in [4.78, 5) is 16.0. The van der Waals surface area contributed by atoms with Crippen molar-refractivity contribution in [2.45, 2.75) is 5.03 Å². The van der Waals surface area contributed by atoms with Crippen LogP contribution in [0.1, 0.15) is 0 Å². The van der Waals surface area contributed by atoms with Crippen molar-refractivity contribution in [1.82, 2.24) is 9.71 Å². The predicted molar refractivity (Wildman–Crippen MR) is 73.8 cm³/mol. The number of nitrogens with one attached hydrogen (secondary N) is 1. The molecule has 2 aromatic heterocycles. The fourth-order valence-electron chi connectivity index (χ4n) is 1.22. The second kappa shape index (κ2) is 5.52. The lowest BCUT2D eigenvalue weighted by Gasteiger charge is -2.06. The third kappa shape index (κ3) is 3.21. The molecule has 2 amide bonds. The molecule has 0 aromatic carbocycles. The second-order valence-corrected chi connectivity index (χ2v) is 5.71. The zero-order valence-electron chi connectivity index (χ0n) is 8.51. The average molecular weight is 330 g/mol. The molecule has 0 aliphatic rings. The molecule has 3 N–H and O–H groups in total. The van der Waals surface area contributed by atoms with Crippen LogP contribution in [0, 0.1) is 0 Å². The quantitative estimate of drug-likeness (QED) is 0.849. The van der Waals surface area contributed by atoms with Crippen LogP contribution in [0.25, 0.3) is 10.4 Å². The molecule has 2 heterocycles. The van der Waals surface area contributed by atoms with Gasteiger partial charge in [0, 0.05) is 33.1 Å². The Kier molecular flexibility index (Phi) is 4.03. The molecule has 0 radical (unpaired) electrons. The Hall–Kier alpha value is -1.05. The summed E-state index contributed by atoms with van der Waals surface area (Å²) in [5, 5.41) is 2.71. The molecule has 0 saturated heterocycles. The molecule has 7 heteroatoms. The highest BCUT2D eigenvalue weighted by Crippen LogP contribution is 2.33. The summed E-state index contributed by atoms with van der Waals surface area (Å²) in [6.45, 7) is 0. The first-order valence-electron chi connectivity index (χ1n) is 4.58. The molecule has 0 fully saturated rings. The Labute approximate surface area is 115 Å². The van der Waals surface area contributed by atoms with Gasteiger partial charge in [-0.05, 0) is 33.4 Å². The fraction of sp³-hybridized carbons (Fsp3) is 0. The molecule has 0 atom stereocenters. The number of urea groups is 1. The summed E-state index contributed by atoms with van der Waals surface area (Å²) in [6.07, 6.45) is 1.68. The number of nitrogens with zero attached hydrogens (tertiary/aromatic N) is 1. The van der Waals surface area contributed by atoms with Gasteiger partial charge in [0.05, 0.1) is 0 Å². The van der Waals surface area contributed by atoms with Gasteiger partial charge >= 0.3 is 6.03 Å². The van der Waals surface area contributed by atoms with Crippen LogP contribution in [-0.4, -0.2) is 11.0 Å². The van der Waals surface area contributed by atoms with Crippen molar-refractivity contribution >= 4 is 45.2 Å². The summed E-state index contributed by atoms with van der Waals surface area (Å²) in [6, 6.07) is 5.35. The standard InChI is InChI=1S/C10H8BrN3OS2/c11-6-4-7(8-2-1-3-16-8)9(13-5-6)17-14-10(12)15/h1-5H,(H3,12,14,15). The lowest BCUT2D eigenvalue weighted by molar-refractivity contribution is 0.254. The molecule has 88 valence electrons. The van der Waals surface area contributed by atoms with E-state index in [1.54, 1.807) is 17.5 Å². The summed E-state index contributed by atoms with van der Waals surface area (Å²) in [5.74, 6) is 0. The van der Waals surface area contributed by atoms with Crippen molar-refractivity contribution in [2.24, 2.45) is 5.73 Å². The van der Waals surface area contributed by atoms with Crippen molar-refractivity contribution in [2.75, 3.05) is 0 Å². The van der Waals surface area contributed by atoms with Gasteiger partial charge in [-0.2, -0.15) is 0 Å². The minimum absolute atomic E-state index is 0.586. The Morgan fingerprint density at radius 3 is 3.06 bits per heavy atom. The van der Waals surface area contributed by atoms with Gasteiger partial charge in [0.25, 0.3) is 0 Å². The summed E-state index contributed by atoms with van der Waals surface area (Å²) < 4.78 is 3.36. The van der Waals surface area contributed by atoms with Gasteiger partial charge < -0.3 is 5.73 Å². The largest absolute Gasteiger partial charge is 0.351 e. The number of nitrogens with two attached hydrogens (primary N) is 1. The van der Waals surface area contributed by atoms with E-state index in [1.807, 2.05) is 23.6 Å². The number of rotatable bonds is 3. The molecule has 0 aliphatic carbocycles. The highest BCUT2D eigenvalue weighted by atomic mass is 79.9. The van der Waals surface area contributed by atoms with E-state index in [9.17, 15) is 4.79 Å². The van der Waals surface area contributed by atoms with Crippen LogP contribution in [0.15, 0.2) is 39.3 Å². The molecule has 0 aliphatic heterocycles. The normalized spacial score (nSPS) is 10.2. The SMILES string of the molecule is NC(=O)NSc1ncc(Br)cc1-c1cccs1. The van der Waals surface area contributed by atoms with Gasteiger partial charge in [-0.1, -0.05) is 6.07 Å². The maximum atomic E-state index is 10.7. The number of carbonyl (C=O) groups excluding carboxylic acids is 1. The monoisotopic (exact) mass is 329 g/mol. The number of primary amides is 1. The molecule has 0 bridgehead atoms. The Morgan fingerprint density at radius 1 is 1.59 bits per heavy atom. The first-order valence-corrected chi connectivity index (χ1v) is 7.07. The third-order valence-electron chi connectivity index (χ3n) is 1.85. The van der Waals surface area contributed by atoms with E-state index in [1.165, 1.54) is 0 Å². The van der Waals surface area contributed by atoms with Crippen LogP contribution in [-0.2, 0) is 0 Å². The first-order chi connectivity index (χ1) is 8.16. The number of aromatic nitrogens is 1. The molecule has 0 spiro atoms. The van der Waals surface area contributed by atoms with Crippen molar-refractivity contribution in [3.8, 4) is 10.4 Å². The van der Waals surface area contributed by atoms with Crippen LogP contribution in [0.2, 0.25) is 0 Å². The topological polar surface area (TPSA) is 68.0 Å². The highest BCUT2D eigenvalue weighted by molar-refractivity contribution is 9.10. The summed E-state index contributed by atoms with van der Waals surface area (Å²) in [7, 11) is 0. The van der Waals surface area contributed by atoms with Gasteiger partial charge in [0.2, 0.25) is 0 Å². The van der Waals surface area contributed by atoms with Gasteiger partial charge in [-0.15, -0.1) is 11.3 Å². The maximum Gasteiger partial charge on any atom is 0.322 e. The Morgan fingerprint density at radius 2 is 2.41 bits per heavy atom. The highest BCUT2D eigenvalue weighted by Gasteiger charge is 2.10. The lowest BCUT2D eigenvalue weighted by atomic mass is 10.2. The fourth-order valence-corrected chi connectivity index (χ4v) is 2.94. The molecule has 0 unspecified atom stereocenters. The van der Waals surface area contributed by atoms with Gasteiger partial charge in [0.15, 0.2) is 0 Å². The molecule has 4 nitrogen and oxygen atoms in total. The number of halogens is 1. The minimum Gasteiger partial charge on any atom is -0.351 e. The molecule has 2 rings (SSSR count). The average Bonchev–Trinajstić information content (AvgIpc) is 2.80. The van der Waals surface area contributed by atoms with E-state index in [0.29, 0.717) is 0 Å². The maximum absolute atomic E-state index is 10.7. The van der Waals surface area contributed by atoms with E-state index >= 15 is 0 Å². The van der Waals surface area contributed by atoms with E-state index in [2.05, 4.69) is 25.6 Å². The molecule has 0 saturated carbocycles.